The second-order valence-electron chi connectivity index (χ2n) is 9.25. The number of rotatable bonds is 16. The summed E-state index contributed by atoms with van der Waals surface area (Å²) in [6.45, 7) is 15.2. The molecule has 0 spiro atoms. The summed E-state index contributed by atoms with van der Waals surface area (Å²) in [7, 11) is 0. The number of carbonyl (C=O) groups excluding carboxylic acids is 2. The second-order valence-corrected chi connectivity index (χ2v) is 9.25. The van der Waals surface area contributed by atoms with Crippen molar-refractivity contribution >= 4 is 11.9 Å². The topological polar surface area (TPSA) is 83.3 Å². The first-order valence-electron chi connectivity index (χ1n) is 12.6. The highest BCUT2D eigenvalue weighted by molar-refractivity contribution is 6.00. The maximum absolute atomic E-state index is 13.1. The molecule has 184 valence electrons. The summed E-state index contributed by atoms with van der Waals surface area (Å²) in [5, 5.41) is 8.18. The Bertz CT molecular complexity index is 687. The second kappa shape index (κ2) is 15.0. The Balaban J connectivity index is 3.02. The minimum absolute atomic E-state index is 0.0468. The number of aromatic nitrogens is 3. The fourth-order valence-electron chi connectivity index (χ4n) is 3.51. The van der Waals surface area contributed by atoms with Gasteiger partial charge in [0.05, 0.1) is 19.3 Å². The molecule has 0 aromatic carbocycles. The number of hydrogen-bond acceptors (Lipinski definition) is 6. The Morgan fingerprint density at radius 1 is 0.844 bits per heavy atom. The van der Waals surface area contributed by atoms with E-state index in [0.29, 0.717) is 25.0 Å². The number of carbonyl (C=O) groups is 2. The van der Waals surface area contributed by atoms with Crippen molar-refractivity contribution in [3.63, 3.8) is 0 Å². The molecule has 0 saturated heterocycles. The van der Waals surface area contributed by atoms with Crippen LogP contribution in [0.5, 0.6) is 0 Å². The number of nitrogens with zero attached hydrogens (tertiary/aromatic N) is 3. The van der Waals surface area contributed by atoms with Crippen LogP contribution in [-0.2, 0) is 9.47 Å². The maximum atomic E-state index is 13.1. The number of esters is 2. The molecule has 3 unspecified atom stereocenters. The summed E-state index contributed by atoms with van der Waals surface area (Å²) in [6.07, 6.45) is 8.35. The predicted octanol–water partition coefficient (Wildman–Crippen LogP) is 6.24. The van der Waals surface area contributed by atoms with Gasteiger partial charge in [0.15, 0.2) is 5.69 Å². The average molecular weight is 452 g/mol. The lowest BCUT2D eigenvalue weighted by Gasteiger charge is -2.19. The van der Waals surface area contributed by atoms with Crippen molar-refractivity contribution in [3.05, 3.63) is 11.4 Å². The van der Waals surface area contributed by atoms with Gasteiger partial charge in [-0.2, -0.15) is 0 Å². The van der Waals surface area contributed by atoms with Crippen LogP contribution in [0.3, 0.4) is 0 Å². The van der Waals surface area contributed by atoms with Crippen LogP contribution in [0.2, 0.25) is 0 Å². The first kappa shape index (κ1) is 28.1. The minimum Gasteiger partial charge on any atom is -0.461 e. The number of ether oxygens (including phenoxy) is 2. The van der Waals surface area contributed by atoms with Gasteiger partial charge >= 0.3 is 11.9 Å². The molecule has 0 radical (unpaired) electrons. The van der Waals surface area contributed by atoms with Crippen LogP contribution in [0.1, 0.15) is 127 Å². The lowest BCUT2D eigenvalue weighted by atomic mass is 10.0. The summed E-state index contributed by atoms with van der Waals surface area (Å²) in [5.41, 5.74) is 0.0533. The Morgan fingerprint density at radius 2 is 1.34 bits per heavy atom. The third-order valence-electron chi connectivity index (χ3n) is 6.42. The summed E-state index contributed by atoms with van der Waals surface area (Å²) in [6, 6.07) is -0.110. The van der Waals surface area contributed by atoms with Crippen LogP contribution in [0, 0.1) is 17.8 Å². The molecule has 0 N–H and O–H groups in total. The van der Waals surface area contributed by atoms with Crippen LogP contribution < -0.4 is 0 Å². The molecule has 1 aromatic rings. The highest BCUT2D eigenvalue weighted by Gasteiger charge is 2.31. The van der Waals surface area contributed by atoms with Crippen molar-refractivity contribution in [1.82, 2.24) is 15.0 Å². The van der Waals surface area contributed by atoms with E-state index in [-0.39, 0.29) is 23.3 Å². The van der Waals surface area contributed by atoms with Crippen molar-refractivity contribution < 1.29 is 19.1 Å². The molecule has 0 aliphatic carbocycles. The van der Waals surface area contributed by atoms with Crippen molar-refractivity contribution in [1.29, 1.82) is 0 Å². The third kappa shape index (κ3) is 8.55. The largest absolute Gasteiger partial charge is 0.461 e. The van der Waals surface area contributed by atoms with Crippen LogP contribution in [0.25, 0.3) is 0 Å². The fraction of sp³-hybridized carbons (Fsp3) is 0.840. The predicted molar refractivity (Wildman–Crippen MR) is 127 cm³/mol. The first-order valence-corrected chi connectivity index (χ1v) is 12.6. The van der Waals surface area contributed by atoms with E-state index in [1.165, 1.54) is 4.68 Å². The molecule has 0 amide bonds. The van der Waals surface area contributed by atoms with E-state index in [4.69, 9.17) is 9.47 Å². The van der Waals surface area contributed by atoms with Gasteiger partial charge in [0.1, 0.15) is 0 Å². The van der Waals surface area contributed by atoms with Crippen molar-refractivity contribution in [2.75, 3.05) is 13.2 Å². The van der Waals surface area contributed by atoms with E-state index in [2.05, 4.69) is 38.0 Å². The lowest BCUT2D eigenvalue weighted by Crippen LogP contribution is -2.24. The van der Waals surface area contributed by atoms with Gasteiger partial charge in [-0.05, 0) is 37.5 Å². The zero-order valence-electron chi connectivity index (χ0n) is 21.4. The zero-order chi connectivity index (χ0) is 24.1. The Hall–Kier alpha value is -1.92. The zero-order valence-corrected chi connectivity index (χ0v) is 21.4. The first-order chi connectivity index (χ1) is 15.3. The molecular formula is C25H45N3O4. The molecule has 1 aromatic heterocycles. The molecule has 0 aliphatic heterocycles. The lowest BCUT2D eigenvalue weighted by molar-refractivity contribution is 0.0367. The maximum Gasteiger partial charge on any atom is 0.361 e. The standard InChI is InChI=1S/C25H45N3O4/c1-8-12-14-20(10-3)16-31-24(29)22-23(28(27-26-22)19(7)18(5)6)25(30)32-17-21(11-4)15-13-9-2/h18-21H,8-17H2,1-7H3. The summed E-state index contributed by atoms with van der Waals surface area (Å²) in [5.74, 6) is -0.332. The van der Waals surface area contributed by atoms with E-state index < -0.39 is 11.9 Å². The normalized spacial score (nSPS) is 14.2. The van der Waals surface area contributed by atoms with E-state index in [9.17, 15) is 9.59 Å². The molecule has 0 bridgehead atoms. The van der Waals surface area contributed by atoms with Gasteiger partial charge in [0.25, 0.3) is 0 Å². The van der Waals surface area contributed by atoms with E-state index in [1.807, 2.05) is 20.8 Å². The molecule has 1 rings (SSSR count). The highest BCUT2D eigenvalue weighted by Crippen LogP contribution is 2.22. The van der Waals surface area contributed by atoms with Crippen LogP contribution in [0.4, 0.5) is 0 Å². The van der Waals surface area contributed by atoms with Crippen molar-refractivity contribution in [2.45, 2.75) is 106 Å². The molecular weight excluding hydrogens is 406 g/mol. The van der Waals surface area contributed by atoms with E-state index in [1.54, 1.807) is 0 Å². The van der Waals surface area contributed by atoms with Gasteiger partial charge in [-0.15, -0.1) is 5.10 Å². The van der Waals surface area contributed by atoms with Crippen LogP contribution in [-0.4, -0.2) is 40.1 Å². The third-order valence-corrected chi connectivity index (χ3v) is 6.42. The summed E-state index contributed by atoms with van der Waals surface area (Å²) in [4.78, 5) is 25.9. The Kier molecular flexibility index (Phi) is 13.2. The monoisotopic (exact) mass is 451 g/mol. The summed E-state index contributed by atoms with van der Waals surface area (Å²) < 4.78 is 12.7. The van der Waals surface area contributed by atoms with Gasteiger partial charge in [-0.1, -0.05) is 85.3 Å². The average Bonchev–Trinajstić information content (AvgIpc) is 3.23. The molecule has 0 saturated carbocycles. The molecule has 32 heavy (non-hydrogen) atoms. The Labute approximate surface area is 194 Å². The van der Waals surface area contributed by atoms with E-state index >= 15 is 0 Å². The molecule has 3 atom stereocenters. The fourth-order valence-corrected chi connectivity index (χ4v) is 3.51. The molecule has 7 nitrogen and oxygen atoms in total. The molecule has 7 heteroatoms. The molecule has 0 aliphatic rings. The van der Waals surface area contributed by atoms with Gasteiger partial charge in [0.2, 0.25) is 5.69 Å². The number of hydrogen-bond donors (Lipinski definition) is 0. The Morgan fingerprint density at radius 3 is 1.78 bits per heavy atom. The smallest absolute Gasteiger partial charge is 0.361 e. The quantitative estimate of drug-likeness (QED) is 0.277. The van der Waals surface area contributed by atoms with Gasteiger partial charge in [-0.3, -0.25) is 0 Å². The summed E-state index contributed by atoms with van der Waals surface area (Å²) >= 11 is 0. The molecule has 0 fully saturated rings. The van der Waals surface area contributed by atoms with Crippen LogP contribution in [0.15, 0.2) is 0 Å². The SMILES string of the molecule is CCCCC(CC)COC(=O)c1nnn(C(C)C(C)C)c1C(=O)OCC(CC)CCCC. The van der Waals surface area contributed by atoms with E-state index in [0.717, 1.165) is 51.4 Å². The number of unbranched alkanes of at least 4 members (excludes halogenated alkanes) is 2. The van der Waals surface area contributed by atoms with Gasteiger partial charge < -0.3 is 9.47 Å². The highest BCUT2D eigenvalue weighted by atomic mass is 16.5. The molecule has 1 heterocycles. The van der Waals surface area contributed by atoms with Gasteiger partial charge in [0, 0.05) is 0 Å². The van der Waals surface area contributed by atoms with Crippen molar-refractivity contribution in [3.8, 4) is 0 Å². The van der Waals surface area contributed by atoms with Gasteiger partial charge in [-0.25, -0.2) is 14.3 Å². The minimum atomic E-state index is -0.605. The van der Waals surface area contributed by atoms with Crippen molar-refractivity contribution in [2.24, 2.45) is 17.8 Å². The van der Waals surface area contributed by atoms with Crippen LogP contribution >= 0.6 is 0 Å².